The molecule has 0 unspecified atom stereocenters. The highest BCUT2D eigenvalue weighted by atomic mass is 16.5. The number of hydrogen-bond acceptors (Lipinski definition) is 5. The lowest BCUT2D eigenvalue weighted by molar-refractivity contribution is -0.118. The van der Waals surface area contributed by atoms with Gasteiger partial charge in [-0.25, -0.2) is 0 Å². The molecule has 7 nitrogen and oxygen atoms in total. The molecule has 3 N–H and O–H groups in total. The Morgan fingerprint density at radius 1 is 1.00 bits per heavy atom. The molecule has 0 aliphatic carbocycles. The smallest absolute Gasteiger partial charge is 0.262 e. The van der Waals surface area contributed by atoms with Crippen molar-refractivity contribution in [2.24, 2.45) is 5.73 Å². The van der Waals surface area contributed by atoms with E-state index in [1.807, 2.05) is 6.07 Å². The molecule has 0 aromatic heterocycles. The standard InChI is InChI=1S/C17H18N2O5/c1-22-12-8-9-13(23-2)16(15(12)17(18)21)19-14(20)10-24-11-6-4-3-5-7-11/h3-9H,10H2,1-2H3,(H2,18,21)(H,19,20). The summed E-state index contributed by atoms with van der Waals surface area (Å²) in [4.78, 5) is 23.9. The first-order chi connectivity index (χ1) is 11.6. The molecular weight excluding hydrogens is 312 g/mol. The second-order valence-electron chi connectivity index (χ2n) is 4.73. The van der Waals surface area contributed by atoms with Gasteiger partial charge in [-0.1, -0.05) is 18.2 Å². The van der Waals surface area contributed by atoms with Gasteiger partial charge in [0.1, 0.15) is 28.5 Å². The first-order valence-corrected chi connectivity index (χ1v) is 7.09. The molecule has 0 radical (unpaired) electrons. The van der Waals surface area contributed by atoms with Crippen LogP contribution in [0.25, 0.3) is 0 Å². The number of benzene rings is 2. The number of nitrogens with one attached hydrogen (secondary N) is 1. The van der Waals surface area contributed by atoms with Gasteiger partial charge in [-0.2, -0.15) is 0 Å². The maximum Gasteiger partial charge on any atom is 0.262 e. The molecule has 0 atom stereocenters. The number of ether oxygens (including phenoxy) is 3. The van der Waals surface area contributed by atoms with E-state index in [1.165, 1.54) is 20.3 Å². The number of carbonyl (C=O) groups is 2. The fraction of sp³-hybridized carbons (Fsp3) is 0.176. The SMILES string of the molecule is COc1ccc(OC)c(C(N)=O)c1NC(=O)COc1ccccc1. The van der Waals surface area contributed by atoms with Crippen LogP contribution in [0, 0.1) is 0 Å². The summed E-state index contributed by atoms with van der Waals surface area (Å²) in [5.41, 5.74) is 5.58. The Morgan fingerprint density at radius 3 is 2.21 bits per heavy atom. The zero-order valence-electron chi connectivity index (χ0n) is 13.4. The Hall–Kier alpha value is -3.22. The van der Waals surface area contributed by atoms with Gasteiger partial charge in [0, 0.05) is 0 Å². The van der Waals surface area contributed by atoms with Gasteiger partial charge in [-0.15, -0.1) is 0 Å². The maximum absolute atomic E-state index is 12.1. The third-order valence-electron chi connectivity index (χ3n) is 3.19. The summed E-state index contributed by atoms with van der Waals surface area (Å²) in [7, 11) is 2.82. The molecule has 126 valence electrons. The summed E-state index contributed by atoms with van der Waals surface area (Å²) in [6, 6.07) is 12.0. The van der Waals surface area contributed by atoms with Crippen LogP contribution in [0.4, 0.5) is 5.69 Å². The fourth-order valence-corrected chi connectivity index (χ4v) is 2.11. The highest BCUT2D eigenvalue weighted by Crippen LogP contribution is 2.35. The van der Waals surface area contributed by atoms with Crippen molar-refractivity contribution < 1.29 is 23.8 Å². The predicted octanol–water partition coefficient (Wildman–Crippen LogP) is 1.82. The van der Waals surface area contributed by atoms with Gasteiger partial charge in [0.05, 0.1) is 14.2 Å². The summed E-state index contributed by atoms with van der Waals surface area (Å²) in [6.07, 6.45) is 0. The number of methoxy groups -OCH3 is 2. The van der Waals surface area contributed by atoms with E-state index < -0.39 is 11.8 Å². The molecule has 0 fully saturated rings. The number of amides is 2. The quantitative estimate of drug-likeness (QED) is 0.806. The Kier molecular flexibility index (Phi) is 5.62. The van der Waals surface area contributed by atoms with Crippen molar-refractivity contribution in [1.29, 1.82) is 0 Å². The average Bonchev–Trinajstić information content (AvgIpc) is 2.60. The van der Waals surface area contributed by atoms with Crippen LogP contribution in [0.5, 0.6) is 17.2 Å². The maximum atomic E-state index is 12.1. The second kappa shape index (κ2) is 7.87. The molecular formula is C17H18N2O5. The largest absolute Gasteiger partial charge is 0.496 e. The van der Waals surface area contributed by atoms with E-state index in [0.717, 1.165) is 0 Å². The zero-order valence-corrected chi connectivity index (χ0v) is 13.4. The summed E-state index contributed by atoms with van der Waals surface area (Å²) >= 11 is 0. The monoisotopic (exact) mass is 330 g/mol. The van der Waals surface area contributed by atoms with E-state index in [4.69, 9.17) is 19.9 Å². The van der Waals surface area contributed by atoms with Crippen LogP contribution >= 0.6 is 0 Å². The molecule has 0 spiro atoms. The van der Waals surface area contributed by atoms with Crippen molar-refractivity contribution >= 4 is 17.5 Å². The Labute approximate surface area is 139 Å². The molecule has 7 heteroatoms. The summed E-state index contributed by atoms with van der Waals surface area (Å²) in [5.74, 6) is -0.126. The molecule has 2 rings (SSSR count). The fourth-order valence-electron chi connectivity index (χ4n) is 2.11. The van der Waals surface area contributed by atoms with Crippen LogP contribution in [0.3, 0.4) is 0 Å². The molecule has 2 amide bonds. The molecule has 0 aliphatic rings. The molecule has 0 saturated carbocycles. The Morgan fingerprint density at radius 2 is 1.62 bits per heavy atom. The van der Waals surface area contributed by atoms with Crippen molar-refractivity contribution in [2.75, 3.05) is 26.1 Å². The highest BCUT2D eigenvalue weighted by Gasteiger charge is 2.21. The molecule has 0 heterocycles. The van der Waals surface area contributed by atoms with Crippen LogP contribution in [-0.2, 0) is 4.79 Å². The summed E-state index contributed by atoms with van der Waals surface area (Å²) < 4.78 is 15.7. The van der Waals surface area contributed by atoms with Crippen LogP contribution < -0.4 is 25.3 Å². The van der Waals surface area contributed by atoms with Crippen LogP contribution in [0.2, 0.25) is 0 Å². The highest BCUT2D eigenvalue weighted by molar-refractivity contribution is 6.07. The van der Waals surface area contributed by atoms with Crippen molar-refractivity contribution in [2.45, 2.75) is 0 Å². The van der Waals surface area contributed by atoms with Crippen molar-refractivity contribution in [3.05, 3.63) is 48.0 Å². The first-order valence-electron chi connectivity index (χ1n) is 7.09. The Bertz CT molecular complexity index is 731. The molecule has 2 aromatic rings. The van der Waals surface area contributed by atoms with Crippen molar-refractivity contribution in [3.8, 4) is 17.2 Å². The third kappa shape index (κ3) is 3.95. The number of anilines is 1. The average molecular weight is 330 g/mol. The van der Waals surface area contributed by atoms with E-state index in [0.29, 0.717) is 5.75 Å². The molecule has 2 aromatic carbocycles. The van der Waals surface area contributed by atoms with Gasteiger partial charge in [-0.05, 0) is 24.3 Å². The van der Waals surface area contributed by atoms with E-state index in [2.05, 4.69) is 5.32 Å². The zero-order chi connectivity index (χ0) is 17.5. The number of nitrogens with two attached hydrogens (primary N) is 1. The molecule has 0 bridgehead atoms. The number of primary amides is 1. The van der Waals surface area contributed by atoms with Gasteiger partial charge in [0.2, 0.25) is 0 Å². The lowest BCUT2D eigenvalue weighted by Crippen LogP contribution is -2.24. The van der Waals surface area contributed by atoms with E-state index in [9.17, 15) is 9.59 Å². The van der Waals surface area contributed by atoms with Gasteiger partial charge >= 0.3 is 0 Å². The lowest BCUT2D eigenvalue weighted by Gasteiger charge is -2.16. The van der Waals surface area contributed by atoms with Gasteiger partial charge in [-0.3, -0.25) is 9.59 Å². The van der Waals surface area contributed by atoms with Crippen LogP contribution in [0.1, 0.15) is 10.4 Å². The van der Waals surface area contributed by atoms with Crippen molar-refractivity contribution in [1.82, 2.24) is 0 Å². The van der Waals surface area contributed by atoms with E-state index in [-0.39, 0.29) is 29.4 Å². The third-order valence-corrected chi connectivity index (χ3v) is 3.19. The number of hydrogen-bond donors (Lipinski definition) is 2. The second-order valence-corrected chi connectivity index (χ2v) is 4.73. The number of rotatable bonds is 7. The molecule has 0 saturated heterocycles. The molecule has 24 heavy (non-hydrogen) atoms. The van der Waals surface area contributed by atoms with E-state index >= 15 is 0 Å². The minimum Gasteiger partial charge on any atom is -0.496 e. The number of para-hydroxylation sites is 1. The summed E-state index contributed by atoms with van der Waals surface area (Å²) in [6.45, 7) is -0.234. The van der Waals surface area contributed by atoms with E-state index in [1.54, 1.807) is 30.3 Å². The van der Waals surface area contributed by atoms with Gasteiger partial charge < -0.3 is 25.3 Å². The predicted molar refractivity (Wildman–Crippen MR) is 88.6 cm³/mol. The van der Waals surface area contributed by atoms with Gasteiger partial charge in [0.15, 0.2) is 6.61 Å². The minimum atomic E-state index is -0.745. The van der Waals surface area contributed by atoms with Crippen molar-refractivity contribution in [3.63, 3.8) is 0 Å². The summed E-state index contributed by atoms with van der Waals surface area (Å²) in [5, 5.41) is 2.59. The first kappa shape index (κ1) is 17.1. The van der Waals surface area contributed by atoms with Crippen LogP contribution in [-0.4, -0.2) is 32.6 Å². The topological polar surface area (TPSA) is 99.9 Å². The minimum absolute atomic E-state index is 0.0323. The number of carbonyl (C=O) groups excluding carboxylic acids is 2. The normalized spacial score (nSPS) is 9.92. The molecule has 0 aliphatic heterocycles. The lowest BCUT2D eigenvalue weighted by atomic mass is 10.1. The van der Waals surface area contributed by atoms with Crippen LogP contribution in [0.15, 0.2) is 42.5 Å². The van der Waals surface area contributed by atoms with Gasteiger partial charge in [0.25, 0.3) is 11.8 Å². The Balaban J connectivity index is 2.21.